The number of alkyl halides is 1. The summed E-state index contributed by atoms with van der Waals surface area (Å²) >= 11 is 3.34. The van der Waals surface area contributed by atoms with Crippen LogP contribution in [0.3, 0.4) is 0 Å². The van der Waals surface area contributed by atoms with Crippen LogP contribution in [-0.4, -0.2) is 31.6 Å². The highest BCUT2D eigenvalue weighted by molar-refractivity contribution is 9.09. The van der Waals surface area contributed by atoms with E-state index in [0.29, 0.717) is 0 Å². The number of hydrogen-bond donors (Lipinski definition) is 1. The summed E-state index contributed by atoms with van der Waals surface area (Å²) in [5.41, 5.74) is 0. The molecule has 2 nitrogen and oxygen atoms in total. The van der Waals surface area contributed by atoms with Crippen molar-refractivity contribution in [1.82, 2.24) is 5.32 Å². The van der Waals surface area contributed by atoms with Gasteiger partial charge < -0.3 is 10.1 Å². The van der Waals surface area contributed by atoms with Crippen LogP contribution >= 0.6 is 15.9 Å². The number of ether oxygens (including phenoxy) is 1. The molecule has 0 aromatic carbocycles. The monoisotopic (exact) mass is 209 g/mol. The normalized spacial score (nSPS) is 10.2. The minimum Gasteiger partial charge on any atom is -0.382 e. The van der Waals surface area contributed by atoms with Crippen LogP contribution in [0.25, 0.3) is 0 Å². The van der Waals surface area contributed by atoms with Crippen molar-refractivity contribution in [3.05, 3.63) is 0 Å². The van der Waals surface area contributed by atoms with Crippen molar-refractivity contribution < 1.29 is 4.74 Å². The Kier molecular flexibility index (Phi) is 9.78. The molecule has 0 aliphatic heterocycles. The second-order valence-corrected chi connectivity index (χ2v) is 2.78. The topological polar surface area (TPSA) is 21.3 Å². The summed E-state index contributed by atoms with van der Waals surface area (Å²) in [7, 11) is 0. The molecule has 0 unspecified atom stereocenters. The Morgan fingerprint density at radius 1 is 1.40 bits per heavy atom. The molecule has 0 saturated carbocycles. The summed E-state index contributed by atoms with van der Waals surface area (Å²) in [4.78, 5) is 0. The summed E-state index contributed by atoms with van der Waals surface area (Å²) in [5.74, 6) is 0. The van der Waals surface area contributed by atoms with E-state index >= 15 is 0 Å². The predicted molar refractivity (Wildman–Crippen MR) is 47.8 cm³/mol. The standard InChI is InChI=1S/C7H16BrNO/c1-2-10-7-3-5-9-6-4-8/h9H,2-7H2,1H3. The molecule has 0 atom stereocenters. The van der Waals surface area contributed by atoms with E-state index in [-0.39, 0.29) is 0 Å². The van der Waals surface area contributed by atoms with Gasteiger partial charge in [0.25, 0.3) is 0 Å². The van der Waals surface area contributed by atoms with E-state index in [2.05, 4.69) is 21.2 Å². The van der Waals surface area contributed by atoms with Crippen LogP contribution in [0.15, 0.2) is 0 Å². The zero-order valence-corrected chi connectivity index (χ0v) is 8.11. The van der Waals surface area contributed by atoms with E-state index in [1.807, 2.05) is 6.92 Å². The SMILES string of the molecule is CCOCCCNCCBr. The first kappa shape index (κ1) is 10.4. The smallest absolute Gasteiger partial charge is 0.0477 e. The summed E-state index contributed by atoms with van der Waals surface area (Å²) in [5, 5.41) is 4.30. The van der Waals surface area contributed by atoms with E-state index in [0.717, 1.165) is 38.1 Å². The first-order chi connectivity index (χ1) is 4.91. The van der Waals surface area contributed by atoms with Crippen molar-refractivity contribution in [2.24, 2.45) is 0 Å². The van der Waals surface area contributed by atoms with Gasteiger partial charge in [0.2, 0.25) is 0 Å². The Morgan fingerprint density at radius 2 is 2.20 bits per heavy atom. The number of nitrogens with one attached hydrogen (secondary N) is 1. The van der Waals surface area contributed by atoms with Crippen LogP contribution in [0, 0.1) is 0 Å². The third kappa shape index (κ3) is 8.40. The highest BCUT2D eigenvalue weighted by Crippen LogP contribution is 1.80. The van der Waals surface area contributed by atoms with E-state index < -0.39 is 0 Å². The maximum Gasteiger partial charge on any atom is 0.0477 e. The molecule has 0 spiro atoms. The molecule has 62 valence electrons. The molecule has 0 radical (unpaired) electrons. The quantitative estimate of drug-likeness (QED) is 0.506. The van der Waals surface area contributed by atoms with Crippen LogP contribution in [-0.2, 0) is 4.74 Å². The summed E-state index contributed by atoms with van der Waals surface area (Å²) in [6.07, 6.45) is 1.11. The molecule has 10 heavy (non-hydrogen) atoms. The minimum absolute atomic E-state index is 0.832. The lowest BCUT2D eigenvalue weighted by molar-refractivity contribution is 0.145. The van der Waals surface area contributed by atoms with Crippen LogP contribution in [0.5, 0.6) is 0 Å². The van der Waals surface area contributed by atoms with Gasteiger partial charge in [0, 0.05) is 25.1 Å². The maximum absolute atomic E-state index is 5.16. The molecule has 0 rings (SSSR count). The number of hydrogen-bond acceptors (Lipinski definition) is 2. The molecule has 0 aromatic rings. The Morgan fingerprint density at radius 3 is 2.80 bits per heavy atom. The Bertz CT molecular complexity index is 53.6. The molecule has 0 aliphatic carbocycles. The first-order valence-corrected chi connectivity index (χ1v) is 4.88. The lowest BCUT2D eigenvalue weighted by Gasteiger charge is -2.01. The molecule has 3 heteroatoms. The average Bonchev–Trinajstić information content (AvgIpc) is 1.97. The van der Waals surface area contributed by atoms with E-state index in [1.165, 1.54) is 0 Å². The molecular weight excluding hydrogens is 194 g/mol. The Hall–Kier alpha value is 0.400. The second-order valence-electron chi connectivity index (χ2n) is 1.99. The van der Waals surface area contributed by atoms with E-state index in [1.54, 1.807) is 0 Å². The van der Waals surface area contributed by atoms with Crippen LogP contribution in [0.2, 0.25) is 0 Å². The van der Waals surface area contributed by atoms with Gasteiger partial charge in [0.05, 0.1) is 0 Å². The van der Waals surface area contributed by atoms with Crippen molar-refractivity contribution >= 4 is 15.9 Å². The van der Waals surface area contributed by atoms with Crippen molar-refractivity contribution in [2.45, 2.75) is 13.3 Å². The fraction of sp³-hybridized carbons (Fsp3) is 1.00. The van der Waals surface area contributed by atoms with Gasteiger partial charge >= 0.3 is 0 Å². The van der Waals surface area contributed by atoms with Gasteiger partial charge in [-0.2, -0.15) is 0 Å². The molecule has 0 fully saturated rings. The van der Waals surface area contributed by atoms with Gasteiger partial charge in [-0.05, 0) is 19.9 Å². The molecule has 0 aliphatic rings. The largest absolute Gasteiger partial charge is 0.382 e. The first-order valence-electron chi connectivity index (χ1n) is 3.76. The summed E-state index contributed by atoms with van der Waals surface area (Å²) in [6.45, 7) is 5.84. The lowest BCUT2D eigenvalue weighted by atomic mass is 10.4. The van der Waals surface area contributed by atoms with E-state index in [4.69, 9.17) is 4.74 Å². The highest BCUT2D eigenvalue weighted by Gasteiger charge is 1.85. The molecule has 0 aromatic heterocycles. The van der Waals surface area contributed by atoms with Gasteiger partial charge in [-0.15, -0.1) is 0 Å². The van der Waals surface area contributed by atoms with Crippen molar-refractivity contribution in [2.75, 3.05) is 31.6 Å². The summed E-state index contributed by atoms with van der Waals surface area (Å²) in [6, 6.07) is 0. The minimum atomic E-state index is 0.832. The lowest BCUT2D eigenvalue weighted by Crippen LogP contribution is -2.18. The van der Waals surface area contributed by atoms with Crippen molar-refractivity contribution in [3.63, 3.8) is 0 Å². The predicted octanol–water partition coefficient (Wildman–Crippen LogP) is 1.40. The summed E-state index contributed by atoms with van der Waals surface area (Å²) < 4.78 is 5.16. The van der Waals surface area contributed by atoms with Gasteiger partial charge in [-0.1, -0.05) is 15.9 Å². The van der Waals surface area contributed by atoms with E-state index in [9.17, 15) is 0 Å². The fourth-order valence-electron chi connectivity index (χ4n) is 0.635. The molecule has 0 bridgehead atoms. The van der Waals surface area contributed by atoms with Gasteiger partial charge in [0.1, 0.15) is 0 Å². The molecule has 0 saturated heterocycles. The van der Waals surface area contributed by atoms with Crippen LogP contribution < -0.4 is 5.32 Å². The van der Waals surface area contributed by atoms with Crippen molar-refractivity contribution in [3.8, 4) is 0 Å². The maximum atomic E-state index is 5.16. The molecule has 0 amide bonds. The number of rotatable bonds is 7. The zero-order valence-electron chi connectivity index (χ0n) is 6.53. The van der Waals surface area contributed by atoms with Gasteiger partial charge in [-0.25, -0.2) is 0 Å². The Balaban J connectivity index is 2.65. The zero-order chi connectivity index (χ0) is 7.66. The fourth-order valence-corrected chi connectivity index (χ4v) is 0.916. The van der Waals surface area contributed by atoms with Crippen molar-refractivity contribution in [1.29, 1.82) is 0 Å². The number of halogens is 1. The van der Waals surface area contributed by atoms with Crippen LogP contribution in [0.4, 0.5) is 0 Å². The third-order valence-electron chi connectivity index (χ3n) is 1.12. The Labute approximate surface area is 71.5 Å². The third-order valence-corrected chi connectivity index (χ3v) is 1.51. The molecule has 1 N–H and O–H groups in total. The average molecular weight is 210 g/mol. The highest BCUT2D eigenvalue weighted by atomic mass is 79.9. The molecule has 0 heterocycles. The molecular formula is C7H16BrNO. The second kappa shape index (κ2) is 9.40. The van der Waals surface area contributed by atoms with Gasteiger partial charge in [-0.3, -0.25) is 0 Å². The van der Waals surface area contributed by atoms with Gasteiger partial charge in [0.15, 0.2) is 0 Å². The van der Waals surface area contributed by atoms with Crippen LogP contribution in [0.1, 0.15) is 13.3 Å².